The van der Waals surface area contributed by atoms with Crippen LogP contribution in [-0.2, 0) is 9.09 Å². The van der Waals surface area contributed by atoms with Crippen molar-refractivity contribution < 1.29 is 14.2 Å². The summed E-state index contributed by atoms with van der Waals surface area (Å²) in [6, 6.07) is 13.7. The number of rotatable bonds is 5. The van der Waals surface area contributed by atoms with Crippen LogP contribution in [0.4, 0.5) is 5.69 Å². The van der Waals surface area contributed by atoms with Gasteiger partial charge in [0.05, 0.1) is 0 Å². The van der Waals surface area contributed by atoms with E-state index in [1.54, 1.807) is 36.4 Å². The molecule has 0 amide bonds. The van der Waals surface area contributed by atoms with E-state index in [2.05, 4.69) is 0 Å². The minimum Gasteiger partial charge on any atom is -0.378 e. The first kappa shape index (κ1) is 17.0. The Balaban J connectivity index is 2.38. The molecule has 4 nitrogen and oxygen atoms in total. The molecule has 2 atom stereocenters. The Morgan fingerprint density at radius 2 is 1.64 bits per heavy atom. The zero-order valence-electron chi connectivity index (χ0n) is 12.7. The summed E-state index contributed by atoms with van der Waals surface area (Å²) in [4.78, 5) is 1.94. The number of halogens is 1. The first-order valence-electron chi connectivity index (χ1n) is 6.75. The van der Waals surface area contributed by atoms with Crippen molar-refractivity contribution >= 4 is 30.0 Å². The summed E-state index contributed by atoms with van der Waals surface area (Å²) in [6.07, 6.45) is 0. The molecule has 0 saturated heterocycles. The smallest absolute Gasteiger partial charge is 0.263 e. The molecule has 0 aliphatic carbocycles. The molecule has 118 valence electrons. The van der Waals surface area contributed by atoms with Crippen LogP contribution >= 0.6 is 19.0 Å². The summed E-state index contributed by atoms with van der Waals surface area (Å²) in [5.74, 6) is -1.24. The van der Waals surface area contributed by atoms with Gasteiger partial charge in [-0.3, -0.25) is 4.57 Å². The minimum atomic E-state index is -3.44. The van der Waals surface area contributed by atoms with Crippen LogP contribution in [-0.4, -0.2) is 26.3 Å². The molecule has 0 heterocycles. The molecule has 0 saturated carbocycles. The van der Waals surface area contributed by atoms with Gasteiger partial charge in [0, 0.05) is 37.2 Å². The highest BCUT2D eigenvalue weighted by Gasteiger charge is 2.35. The largest absolute Gasteiger partial charge is 0.378 e. The summed E-state index contributed by atoms with van der Waals surface area (Å²) >= 11 is 5.84. The van der Waals surface area contributed by atoms with Crippen LogP contribution in [0.2, 0.25) is 5.02 Å². The second-order valence-electron chi connectivity index (χ2n) is 5.12. The first-order valence-corrected chi connectivity index (χ1v) is 8.82. The van der Waals surface area contributed by atoms with Crippen molar-refractivity contribution in [2.45, 2.75) is 5.85 Å². The molecule has 0 spiro atoms. The second-order valence-corrected chi connectivity index (χ2v) is 8.12. The molecule has 0 aliphatic rings. The summed E-state index contributed by atoms with van der Waals surface area (Å²) in [7, 11) is 1.76. The van der Waals surface area contributed by atoms with E-state index in [4.69, 9.17) is 16.1 Å². The highest BCUT2D eigenvalue weighted by molar-refractivity contribution is 7.67. The maximum absolute atomic E-state index is 13.1. The third kappa shape index (κ3) is 3.36. The van der Waals surface area contributed by atoms with E-state index in [1.165, 1.54) is 7.11 Å². The van der Waals surface area contributed by atoms with Crippen molar-refractivity contribution in [1.29, 1.82) is 0 Å². The van der Waals surface area contributed by atoms with Crippen LogP contribution in [0.1, 0.15) is 11.4 Å². The van der Waals surface area contributed by atoms with Gasteiger partial charge >= 0.3 is 0 Å². The average Bonchev–Trinajstić information content (AvgIpc) is 2.54. The summed E-state index contributed by atoms with van der Waals surface area (Å²) in [5, 5.41) is 11.5. The Morgan fingerprint density at radius 3 is 2.09 bits per heavy atom. The lowest BCUT2D eigenvalue weighted by Crippen LogP contribution is -2.15. The van der Waals surface area contributed by atoms with E-state index in [-0.39, 0.29) is 0 Å². The van der Waals surface area contributed by atoms with Gasteiger partial charge in [-0.2, -0.15) is 0 Å². The van der Waals surface area contributed by atoms with Crippen LogP contribution in [0.25, 0.3) is 0 Å². The first-order chi connectivity index (χ1) is 10.4. The molecule has 1 N–H and O–H groups in total. The number of aliphatic hydroxyl groups is 1. The fourth-order valence-corrected chi connectivity index (χ4v) is 4.08. The van der Waals surface area contributed by atoms with Gasteiger partial charge in [0.25, 0.3) is 7.37 Å². The van der Waals surface area contributed by atoms with Crippen molar-refractivity contribution in [1.82, 2.24) is 0 Å². The molecule has 2 aromatic carbocycles. The van der Waals surface area contributed by atoms with Gasteiger partial charge in [-0.15, -0.1) is 0 Å². The van der Waals surface area contributed by atoms with Crippen LogP contribution in [0.3, 0.4) is 0 Å². The minimum absolute atomic E-state index is 0.475. The van der Waals surface area contributed by atoms with Gasteiger partial charge in [0.15, 0.2) is 5.85 Å². The average molecular weight is 340 g/mol. The molecule has 0 fully saturated rings. The van der Waals surface area contributed by atoms with Gasteiger partial charge in [-0.25, -0.2) is 0 Å². The van der Waals surface area contributed by atoms with Crippen LogP contribution in [0.15, 0.2) is 48.5 Å². The standard InChI is InChI=1S/C16H19ClNO3P/c1-18(2)14-8-10-15(11-9-14)22(20,21-3)16(19)12-4-6-13(17)7-5-12/h4-11,16,19H,1-3H3/t16-,22+/m0/s1. The Hall–Kier alpha value is -1.32. The molecule has 6 heteroatoms. The number of hydrogen-bond donors (Lipinski definition) is 1. The molecule has 0 aromatic heterocycles. The maximum Gasteiger partial charge on any atom is 0.263 e. The molecule has 0 aliphatic heterocycles. The number of hydrogen-bond acceptors (Lipinski definition) is 4. The maximum atomic E-state index is 13.1. The molecular formula is C16H19ClNO3P. The molecule has 0 unspecified atom stereocenters. The van der Waals surface area contributed by atoms with Gasteiger partial charge < -0.3 is 14.5 Å². The topological polar surface area (TPSA) is 49.8 Å². The van der Waals surface area contributed by atoms with Crippen molar-refractivity contribution in [3.8, 4) is 0 Å². The third-order valence-corrected chi connectivity index (χ3v) is 6.24. The zero-order valence-corrected chi connectivity index (χ0v) is 14.4. The Morgan fingerprint density at radius 1 is 1.09 bits per heavy atom. The molecule has 0 radical (unpaired) electrons. The van der Waals surface area contributed by atoms with Crippen LogP contribution < -0.4 is 10.2 Å². The van der Waals surface area contributed by atoms with Gasteiger partial charge in [-0.05, 0) is 42.0 Å². The summed E-state index contributed by atoms with van der Waals surface area (Å²) in [5.41, 5.74) is 1.48. The fourth-order valence-electron chi connectivity index (χ4n) is 2.14. The van der Waals surface area contributed by atoms with E-state index in [0.717, 1.165) is 5.69 Å². The number of anilines is 1. The number of nitrogens with zero attached hydrogens (tertiary/aromatic N) is 1. The predicted molar refractivity (Wildman–Crippen MR) is 91.4 cm³/mol. The third-order valence-electron chi connectivity index (χ3n) is 3.49. The van der Waals surface area contributed by atoms with Crippen molar-refractivity contribution in [3.63, 3.8) is 0 Å². The SMILES string of the molecule is CO[P@](=O)(c1ccc(N(C)C)cc1)[C@H](O)c1ccc(Cl)cc1. The van der Waals surface area contributed by atoms with Gasteiger partial charge in [0.2, 0.25) is 0 Å². The quantitative estimate of drug-likeness (QED) is 0.845. The number of aliphatic hydroxyl groups excluding tert-OH is 1. The van der Waals surface area contributed by atoms with E-state index < -0.39 is 13.2 Å². The Kier molecular flexibility index (Phi) is 5.30. The lowest BCUT2D eigenvalue weighted by atomic mass is 10.2. The van der Waals surface area contributed by atoms with Gasteiger partial charge in [0.1, 0.15) is 0 Å². The molecule has 0 bridgehead atoms. The van der Waals surface area contributed by atoms with E-state index in [0.29, 0.717) is 15.9 Å². The Labute approximate surface area is 135 Å². The molecule has 22 heavy (non-hydrogen) atoms. The highest BCUT2D eigenvalue weighted by Crippen LogP contribution is 2.57. The highest BCUT2D eigenvalue weighted by atomic mass is 35.5. The lowest BCUT2D eigenvalue weighted by Gasteiger charge is -2.23. The summed E-state index contributed by atoms with van der Waals surface area (Å²) in [6.45, 7) is 0. The molecule has 2 aromatic rings. The van der Waals surface area contributed by atoms with Crippen molar-refractivity contribution in [2.24, 2.45) is 0 Å². The molecular weight excluding hydrogens is 321 g/mol. The van der Waals surface area contributed by atoms with Crippen molar-refractivity contribution in [2.75, 3.05) is 26.1 Å². The van der Waals surface area contributed by atoms with Crippen LogP contribution in [0.5, 0.6) is 0 Å². The van der Waals surface area contributed by atoms with E-state index >= 15 is 0 Å². The monoisotopic (exact) mass is 339 g/mol. The van der Waals surface area contributed by atoms with E-state index in [1.807, 2.05) is 31.1 Å². The second kappa shape index (κ2) is 6.84. The Bertz CT molecular complexity index is 671. The molecule has 2 rings (SSSR count). The van der Waals surface area contributed by atoms with Crippen LogP contribution in [0, 0.1) is 0 Å². The number of benzene rings is 2. The van der Waals surface area contributed by atoms with Gasteiger partial charge in [-0.1, -0.05) is 23.7 Å². The van der Waals surface area contributed by atoms with E-state index in [9.17, 15) is 9.67 Å². The van der Waals surface area contributed by atoms with Crippen molar-refractivity contribution in [3.05, 3.63) is 59.1 Å². The lowest BCUT2D eigenvalue weighted by molar-refractivity contribution is 0.229. The predicted octanol–water partition coefficient (Wildman–Crippen LogP) is 3.65. The fraction of sp³-hybridized carbons (Fsp3) is 0.250. The zero-order chi connectivity index (χ0) is 16.3. The summed E-state index contributed by atoms with van der Waals surface area (Å²) < 4.78 is 18.4. The normalized spacial score (nSPS) is 15.1.